The number of aliphatic imine (C=N–C) groups is 1. The van der Waals surface area contributed by atoms with Gasteiger partial charge in [-0.2, -0.15) is 0 Å². The first kappa shape index (κ1) is 26.5. The number of halogens is 1. The van der Waals surface area contributed by atoms with Crippen molar-refractivity contribution in [3.8, 4) is 11.5 Å². The highest BCUT2D eigenvalue weighted by atomic mass is 127. The monoisotopic (exact) mass is 559 g/mol. The Labute approximate surface area is 209 Å². The van der Waals surface area contributed by atoms with E-state index in [0.717, 1.165) is 61.5 Å². The van der Waals surface area contributed by atoms with Gasteiger partial charge in [-0.25, -0.2) is 0 Å². The molecule has 0 bridgehead atoms. The Bertz CT molecular complexity index is 745. The first-order chi connectivity index (χ1) is 15.1. The second-order valence-corrected chi connectivity index (χ2v) is 8.34. The predicted octanol–water partition coefficient (Wildman–Crippen LogP) is 4.42. The van der Waals surface area contributed by atoms with E-state index in [2.05, 4.69) is 21.7 Å². The van der Waals surface area contributed by atoms with Gasteiger partial charge in [0.2, 0.25) is 0 Å². The largest absolute Gasteiger partial charge is 0.493 e. The zero-order valence-corrected chi connectivity index (χ0v) is 21.9. The molecule has 3 rings (SSSR count). The lowest BCUT2D eigenvalue weighted by Gasteiger charge is -2.29. The number of para-hydroxylation sites is 1. The summed E-state index contributed by atoms with van der Waals surface area (Å²) in [6.07, 6.45) is 8.47. The molecule has 2 aliphatic carbocycles. The Morgan fingerprint density at radius 2 is 1.84 bits per heavy atom. The van der Waals surface area contributed by atoms with Gasteiger partial charge in [-0.15, -0.1) is 24.0 Å². The Morgan fingerprint density at radius 1 is 1.12 bits per heavy atom. The Morgan fingerprint density at radius 3 is 2.47 bits per heavy atom. The topological polar surface area (TPSA) is 81.2 Å². The average Bonchev–Trinajstić information content (AvgIpc) is 3.31. The molecule has 0 atom stereocenters. The van der Waals surface area contributed by atoms with Crippen LogP contribution in [-0.2, 0) is 16.1 Å². The molecular formula is C24H38IN3O4. The minimum atomic E-state index is -0.0590. The van der Waals surface area contributed by atoms with E-state index in [1.807, 2.05) is 19.1 Å². The van der Waals surface area contributed by atoms with Crippen LogP contribution in [0.15, 0.2) is 23.2 Å². The number of guanidine groups is 1. The molecule has 32 heavy (non-hydrogen) atoms. The third kappa shape index (κ3) is 7.42. The molecule has 2 fully saturated rings. The summed E-state index contributed by atoms with van der Waals surface area (Å²) >= 11 is 0. The number of methoxy groups -OCH3 is 1. The Balaban J connectivity index is 0.00000363. The van der Waals surface area contributed by atoms with Crippen molar-refractivity contribution < 1.29 is 19.0 Å². The fraction of sp³-hybridized carbons (Fsp3) is 0.667. The van der Waals surface area contributed by atoms with Gasteiger partial charge in [0.25, 0.3) is 0 Å². The molecule has 0 aromatic heterocycles. The van der Waals surface area contributed by atoms with Crippen LogP contribution in [0.4, 0.5) is 0 Å². The zero-order valence-electron chi connectivity index (χ0n) is 19.5. The standard InChI is InChI=1S/C24H37N3O4.HI/c1-4-30-23(28)17-12-14-19(15-13-17)27-24(25-2)26-16-18-8-7-11-21(29-3)22(18)31-20-9-5-6-10-20;/h7-8,11,17,19-20H,4-6,9-10,12-16H2,1-3H3,(H2,25,26,27);1H. The van der Waals surface area contributed by atoms with Crippen molar-refractivity contribution in [3.63, 3.8) is 0 Å². The summed E-state index contributed by atoms with van der Waals surface area (Å²) in [7, 11) is 3.46. The van der Waals surface area contributed by atoms with Crippen molar-refractivity contribution >= 4 is 35.9 Å². The molecule has 0 unspecified atom stereocenters. The summed E-state index contributed by atoms with van der Waals surface area (Å²) < 4.78 is 17.1. The van der Waals surface area contributed by atoms with E-state index in [4.69, 9.17) is 14.2 Å². The summed E-state index contributed by atoms with van der Waals surface area (Å²) in [6.45, 7) is 2.90. The number of carbonyl (C=O) groups is 1. The van der Waals surface area contributed by atoms with Crippen LogP contribution in [0.2, 0.25) is 0 Å². The van der Waals surface area contributed by atoms with Crippen molar-refractivity contribution in [1.29, 1.82) is 0 Å². The number of hydrogen-bond donors (Lipinski definition) is 2. The summed E-state index contributed by atoms with van der Waals surface area (Å²) in [5.74, 6) is 2.33. The maximum absolute atomic E-state index is 11.9. The average molecular weight is 559 g/mol. The minimum absolute atomic E-state index is 0. The van der Waals surface area contributed by atoms with Crippen LogP contribution >= 0.6 is 24.0 Å². The highest BCUT2D eigenvalue weighted by Crippen LogP contribution is 2.34. The van der Waals surface area contributed by atoms with E-state index in [0.29, 0.717) is 19.2 Å². The van der Waals surface area contributed by atoms with Gasteiger partial charge in [0.1, 0.15) is 0 Å². The third-order valence-corrected chi connectivity index (χ3v) is 6.22. The van der Waals surface area contributed by atoms with Crippen LogP contribution in [-0.4, -0.2) is 44.8 Å². The van der Waals surface area contributed by atoms with Gasteiger partial charge in [0.15, 0.2) is 17.5 Å². The molecule has 1 aromatic rings. The summed E-state index contributed by atoms with van der Waals surface area (Å²) in [5, 5.41) is 6.92. The SMILES string of the molecule is CCOC(=O)C1CCC(NC(=NC)NCc2cccc(OC)c2OC2CCCC2)CC1.I. The lowest BCUT2D eigenvalue weighted by molar-refractivity contribution is -0.149. The number of ether oxygens (including phenoxy) is 3. The molecule has 0 saturated heterocycles. The van der Waals surface area contributed by atoms with Gasteiger partial charge in [-0.3, -0.25) is 9.79 Å². The summed E-state index contributed by atoms with van der Waals surface area (Å²) in [6, 6.07) is 6.31. The van der Waals surface area contributed by atoms with Crippen molar-refractivity contribution in [2.24, 2.45) is 10.9 Å². The minimum Gasteiger partial charge on any atom is -0.493 e. The normalized spacial score (nSPS) is 21.4. The van der Waals surface area contributed by atoms with Gasteiger partial charge in [0.05, 0.1) is 25.7 Å². The molecule has 2 saturated carbocycles. The van der Waals surface area contributed by atoms with Crippen molar-refractivity contribution in [2.45, 2.75) is 77.0 Å². The third-order valence-electron chi connectivity index (χ3n) is 6.22. The Kier molecular flexibility index (Phi) is 11.4. The molecule has 0 radical (unpaired) electrons. The fourth-order valence-electron chi connectivity index (χ4n) is 4.47. The van der Waals surface area contributed by atoms with E-state index >= 15 is 0 Å². The van der Waals surface area contributed by atoms with E-state index < -0.39 is 0 Å². The van der Waals surface area contributed by atoms with Crippen LogP contribution in [0.1, 0.15) is 63.9 Å². The number of nitrogens with one attached hydrogen (secondary N) is 2. The molecule has 0 aliphatic heterocycles. The summed E-state index contributed by atoms with van der Waals surface area (Å²) in [5.41, 5.74) is 1.06. The van der Waals surface area contributed by atoms with E-state index in [1.54, 1.807) is 14.2 Å². The van der Waals surface area contributed by atoms with E-state index in [1.165, 1.54) is 12.8 Å². The number of benzene rings is 1. The van der Waals surface area contributed by atoms with Gasteiger partial charge >= 0.3 is 5.97 Å². The number of esters is 1. The quantitative estimate of drug-likeness (QED) is 0.213. The maximum Gasteiger partial charge on any atom is 0.308 e. The van der Waals surface area contributed by atoms with Crippen molar-refractivity contribution in [1.82, 2.24) is 10.6 Å². The van der Waals surface area contributed by atoms with E-state index in [9.17, 15) is 4.79 Å². The molecule has 180 valence electrons. The molecule has 1 aromatic carbocycles. The second-order valence-electron chi connectivity index (χ2n) is 8.34. The number of nitrogens with zero attached hydrogens (tertiary/aromatic N) is 1. The van der Waals surface area contributed by atoms with Crippen LogP contribution in [0.25, 0.3) is 0 Å². The highest BCUT2D eigenvalue weighted by Gasteiger charge is 2.27. The molecule has 2 N–H and O–H groups in total. The van der Waals surface area contributed by atoms with Crippen LogP contribution in [0, 0.1) is 5.92 Å². The highest BCUT2D eigenvalue weighted by molar-refractivity contribution is 14.0. The molecule has 0 heterocycles. The molecule has 8 heteroatoms. The van der Waals surface area contributed by atoms with E-state index in [-0.39, 0.29) is 42.0 Å². The molecular weight excluding hydrogens is 521 g/mol. The number of rotatable bonds is 8. The molecule has 7 nitrogen and oxygen atoms in total. The zero-order chi connectivity index (χ0) is 22.1. The molecule has 0 amide bonds. The maximum atomic E-state index is 11.9. The van der Waals surface area contributed by atoms with Crippen LogP contribution < -0.4 is 20.1 Å². The molecule has 0 spiro atoms. The molecule has 2 aliphatic rings. The number of hydrogen-bond acceptors (Lipinski definition) is 5. The van der Waals surface area contributed by atoms with Gasteiger partial charge in [-0.05, 0) is 64.4 Å². The first-order valence-electron chi connectivity index (χ1n) is 11.6. The number of carbonyl (C=O) groups excluding carboxylic acids is 1. The smallest absolute Gasteiger partial charge is 0.308 e. The van der Waals surface area contributed by atoms with Gasteiger partial charge in [0, 0.05) is 25.2 Å². The van der Waals surface area contributed by atoms with Crippen LogP contribution in [0.3, 0.4) is 0 Å². The fourth-order valence-corrected chi connectivity index (χ4v) is 4.47. The van der Waals surface area contributed by atoms with Crippen molar-refractivity contribution in [3.05, 3.63) is 23.8 Å². The van der Waals surface area contributed by atoms with Crippen LogP contribution in [0.5, 0.6) is 11.5 Å². The lowest BCUT2D eigenvalue weighted by atomic mass is 9.86. The second kappa shape index (κ2) is 13.7. The predicted molar refractivity (Wildman–Crippen MR) is 137 cm³/mol. The van der Waals surface area contributed by atoms with Gasteiger partial charge in [-0.1, -0.05) is 12.1 Å². The van der Waals surface area contributed by atoms with Crippen molar-refractivity contribution in [2.75, 3.05) is 20.8 Å². The van der Waals surface area contributed by atoms with Gasteiger partial charge < -0.3 is 24.8 Å². The first-order valence-corrected chi connectivity index (χ1v) is 11.6. The Hall–Kier alpha value is -1.71. The lowest BCUT2D eigenvalue weighted by Crippen LogP contribution is -2.45. The summed E-state index contributed by atoms with van der Waals surface area (Å²) in [4.78, 5) is 16.3.